The summed E-state index contributed by atoms with van der Waals surface area (Å²) >= 11 is 6.53. The van der Waals surface area contributed by atoms with Crippen LogP contribution in [-0.4, -0.2) is 33.9 Å². The Morgan fingerprint density at radius 2 is 1.83 bits per heavy atom. The van der Waals surface area contributed by atoms with E-state index in [4.69, 9.17) is 11.6 Å². The average molecular weight is 425 g/mol. The molecule has 0 spiro atoms. The normalized spacial score (nSPS) is 13.2. The van der Waals surface area contributed by atoms with Crippen LogP contribution in [0.3, 0.4) is 0 Å². The minimum absolute atomic E-state index is 0.113. The molecule has 158 valence electrons. The third-order valence-electron chi connectivity index (χ3n) is 5.49. The lowest BCUT2D eigenvalue weighted by Crippen LogP contribution is -2.40. The molecule has 0 aliphatic heterocycles. The molecule has 1 aromatic heterocycles. The van der Waals surface area contributed by atoms with Gasteiger partial charge in [0.1, 0.15) is 0 Å². The zero-order valence-electron chi connectivity index (χ0n) is 17.5. The third-order valence-corrected chi connectivity index (χ3v) is 5.84. The molecule has 0 aliphatic rings. The number of hydrogen-bond acceptors (Lipinski definition) is 4. The van der Waals surface area contributed by atoms with Gasteiger partial charge in [-0.2, -0.15) is 0 Å². The molecule has 0 aliphatic carbocycles. The summed E-state index contributed by atoms with van der Waals surface area (Å²) < 4.78 is 0. The summed E-state index contributed by atoms with van der Waals surface area (Å²) in [5.74, 6) is 0. The minimum Gasteiger partial charge on any atom is -0.395 e. The first-order valence-electron chi connectivity index (χ1n) is 10.3. The molecule has 3 aromatic rings. The van der Waals surface area contributed by atoms with Gasteiger partial charge in [-0.3, -0.25) is 4.98 Å². The number of aryl methyl sites for hydroxylation is 2. The number of hydrogen-bond donors (Lipinski definition) is 3. The molecule has 0 radical (unpaired) electrons. The first-order valence-corrected chi connectivity index (χ1v) is 10.7. The predicted octanol–water partition coefficient (Wildman–Crippen LogP) is 4.33. The molecular formula is C25H29ClN2O2. The van der Waals surface area contributed by atoms with E-state index in [1.807, 2.05) is 30.5 Å². The van der Waals surface area contributed by atoms with E-state index in [0.717, 1.165) is 34.7 Å². The second kappa shape index (κ2) is 10.7. The first kappa shape index (κ1) is 22.4. The summed E-state index contributed by atoms with van der Waals surface area (Å²) in [7, 11) is 0. The molecule has 0 amide bonds. The lowest BCUT2D eigenvalue weighted by molar-refractivity contribution is 0.103. The number of rotatable bonds is 9. The zero-order valence-corrected chi connectivity index (χ0v) is 18.2. The fourth-order valence-electron chi connectivity index (χ4n) is 3.55. The molecule has 4 nitrogen and oxygen atoms in total. The molecule has 0 fully saturated rings. The summed E-state index contributed by atoms with van der Waals surface area (Å²) in [4.78, 5) is 4.60. The van der Waals surface area contributed by atoms with Crippen LogP contribution < -0.4 is 5.32 Å². The molecule has 30 heavy (non-hydrogen) atoms. The summed E-state index contributed by atoms with van der Waals surface area (Å²) in [5.41, 5.74) is 6.80. The highest BCUT2D eigenvalue weighted by Gasteiger charge is 2.13. The molecular weight excluding hydrogens is 396 g/mol. The van der Waals surface area contributed by atoms with Crippen LogP contribution in [0.2, 0.25) is 5.02 Å². The van der Waals surface area contributed by atoms with Crippen LogP contribution in [0.4, 0.5) is 0 Å². The maximum Gasteiger partial charge on any atom is 0.0687 e. The molecule has 0 saturated carbocycles. The van der Waals surface area contributed by atoms with Crippen LogP contribution in [0.25, 0.3) is 11.1 Å². The number of benzene rings is 2. The van der Waals surface area contributed by atoms with E-state index in [9.17, 15) is 10.2 Å². The summed E-state index contributed by atoms with van der Waals surface area (Å²) in [6, 6.07) is 18.1. The summed E-state index contributed by atoms with van der Waals surface area (Å²) in [6.45, 7) is 4.21. The molecule has 0 saturated heterocycles. The Labute approximate surface area is 183 Å². The second-order valence-electron chi connectivity index (χ2n) is 7.63. The van der Waals surface area contributed by atoms with Gasteiger partial charge in [-0.15, -0.1) is 0 Å². The quantitative estimate of drug-likeness (QED) is 0.478. The van der Waals surface area contributed by atoms with E-state index in [0.29, 0.717) is 6.54 Å². The van der Waals surface area contributed by atoms with Gasteiger partial charge in [-0.05, 0) is 66.6 Å². The largest absolute Gasteiger partial charge is 0.395 e. The van der Waals surface area contributed by atoms with E-state index in [1.165, 1.54) is 16.7 Å². The van der Waals surface area contributed by atoms with E-state index in [2.05, 4.69) is 47.6 Å². The van der Waals surface area contributed by atoms with Crippen LogP contribution in [-0.2, 0) is 19.4 Å². The average Bonchev–Trinajstić information content (AvgIpc) is 2.75. The van der Waals surface area contributed by atoms with Crippen LogP contribution in [0, 0.1) is 6.92 Å². The van der Waals surface area contributed by atoms with Gasteiger partial charge in [-0.1, -0.05) is 54.1 Å². The van der Waals surface area contributed by atoms with Crippen LogP contribution in [0.15, 0.2) is 60.8 Å². The van der Waals surface area contributed by atoms with Crippen LogP contribution in [0.1, 0.15) is 29.3 Å². The maximum atomic E-state index is 9.63. The van der Waals surface area contributed by atoms with Crippen molar-refractivity contribution in [3.8, 4) is 11.1 Å². The van der Waals surface area contributed by atoms with E-state index in [1.54, 1.807) is 6.92 Å². The topological polar surface area (TPSA) is 65.4 Å². The van der Waals surface area contributed by atoms with Crippen molar-refractivity contribution < 1.29 is 10.2 Å². The lowest BCUT2D eigenvalue weighted by atomic mass is 9.97. The van der Waals surface area contributed by atoms with Gasteiger partial charge < -0.3 is 15.5 Å². The van der Waals surface area contributed by atoms with Crippen molar-refractivity contribution in [2.24, 2.45) is 0 Å². The van der Waals surface area contributed by atoms with Crippen molar-refractivity contribution >= 4 is 11.6 Å². The molecule has 3 N–H and O–H groups in total. The zero-order chi connectivity index (χ0) is 21.5. The van der Waals surface area contributed by atoms with Gasteiger partial charge in [0.25, 0.3) is 0 Å². The van der Waals surface area contributed by atoms with Gasteiger partial charge in [-0.25, -0.2) is 0 Å². The number of aliphatic hydroxyl groups excluding tert-OH is 2. The van der Waals surface area contributed by atoms with Gasteiger partial charge in [0, 0.05) is 23.5 Å². The highest BCUT2D eigenvalue weighted by molar-refractivity contribution is 6.31. The summed E-state index contributed by atoms with van der Waals surface area (Å²) in [6.07, 6.45) is 2.89. The fourth-order valence-corrected chi connectivity index (χ4v) is 3.85. The van der Waals surface area contributed by atoms with E-state index in [-0.39, 0.29) is 12.6 Å². The van der Waals surface area contributed by atoms with E-state index < -0.39 is 6.10 Å². The van der Waals surface area contributed by atoms with Crippen molar-refractivity contribution in [1.82, 2.24) is 10.3 Å². The van der Waals surface area contributed by atoms with Gasteiger partial charge in [0.15, 0.2) is 0 Å². The highest BCUT2D eigenvalue weighted by atomic mass is 35.5. The van der Waals surface area contributed by atoms with Crippen LogP contribution in [0.5, 0.6) is 0 Å². The van der Waals surface area contributed by atoms with Gasteiger partial charge >= 0.3 is 0 Å². The Morgan fingerprint density at radius 3 is 2.50 bits per heavy atom. The number of halogens is 1. The van der Waals surface area contributed by atoms with Gasteiger partial charge in [0.05, 0.1) is 18.8 Å². The highest BCUT2D eigenvalue weighted by Crippen LogP contribution is 2.26. The number of pyridine rings is 1. The van der Waals surface area contributed by atoms with E-state index >= 15 is 0 Å². The molecule has 1 heterocycles. The maximum absolute atomic E-state index is 9.63. The fraction of sp³-hybridized carbons (Fsp3) is 0.320. The predicted molar refractivity (Wildman–Crippen MR) is 123 cm³/mol. The standard InChI is InChI=1S/C25H29ClN2O2/c1-17-22(20-6-4-3-5-7-20)12-13-27-24(17)11-10-21-9-8-19(14-23(21)26)15-28-25(16-29)18(2)30/h3-9,12-14,18,25,28-30H,10-11,15-16H2,1-2H3/t18-,25-/m1/s1. The van der Waals surface area contributed by atoms with Crippen molar-refractivity contribution in [3.05, 3.63) is 88.2 Å². The molecule has 0 unspecified atom stereocenters. The van der Waals surface area contributed by atoms with Crippen molar-refractivity contribution in [3.63, 3.8) is 0 Å². The third kappa shape index (κ3) is 5.67. The first-order chi connectivity index (χ1) is 14.5. The Bertz CT molecular complexity index is 961. The molecule has 3 rings (SSSR count). The molecule has 2 atom stereocenters. The number of aliphatic hydroxyl groups is 2. The monoisotopic (exact) mass is 424 g/mol. The Balaban J connectivity index is 1.66. The minimum atomic E-state index is -0.618. The SMILES string of the molecule is Cc1c(-c2ccccc2)ccnc1CCc1ccc(CN[C@H](CO)[C@@H](C)O)cc1Cl. The Kier molecular flexibility index (Phi) is 8.00. The molecule has 5 heteroatoms. The number of aromatic nitrogens is 1. The van der Waals surface area contributed by atoms with Crippen molar-refractivity contribution in [2.75, 3.05) is 6.61 Å². The van der Waals surface area contributed by atoms with Gasteiger partial charge in [0.2, 0.25) is 0 Å². The number of nitrogens with zero attached hydrogens (tertiary/aromatic N) is 1. The number of nitrogens with one attached hydrogen (secondary N) is 1. The summed E-state index contributed by atoms with van der Waals surface area (Å²) in [5, 5.41) is 22.8. The molecule has 0 bridgehead atoms. The van der Waals surface area contributed by atoms with Crippen molar-refractivity contribution in [1.29, 1.82) is 0 Å². The Hall–Kier alpha value is -2.24. The lowest BCUT2D eigenvalue weighted by Gasteiger charge is -2.19. The van der Waals surface area contributed by atoms with Crippen LogP contribution >= 0.6 is 11.6 Å². The second-order valence-corrected chi connectivity index (χ2v) is 8.04. The molecule has 2 aromatic carbocycles. The van der Waals surface area contributed by atoms with Crippen molar-refractivity contribution in [2.45, 2.75) is 45.4 Å². The smallest absolute Gasteiger partial charge is 0.0687 e. The Morgan fingerprint density at radius 1 is 1.07 bits per heavy atom.